The minimum Gasteiger partial charge on any atom is -0.389 e. The zero-order valence-corrected chi connectivity index (χ0v) is 10.7. The maximum absolute atomic E-state index is 13.9. The monoisotopic (exact) mass is 237 g/mol. The molecule has 0 amide bonds. The molecule has 0 saturated heterocycles. The molecule has 3 atom stereocenters. The summed E-state index contributed by atoms with van der Waals surface area (Å²) in [4.78, 5) is 1.97. The summed E-state index contributed by atoms with van der Waals surface area (Å²) >= 11 is 0. The molecular weight excluding hydrogens is 217 g/mol. The first kappa shape index (κ1) is 12.4. The highest BCUT2D eigenvalue weighted by Gasteiger charge is 2.33. The van der Waals surface area contributed by atoms with E-state index in [1.54, 1.807) is 19.1 Å². The van der Waals surface area contributed by atoms with Crippen molar-refractivity contribution in [3.05, 3.63) is 29.6 Å². The van der Waals surface area contributed by atoms with Crippen LogP contribution in [0.2, 0.25) is 0 Å². The SMILES string of the molecule is CC1CC1CN(C)c1ccc([C@@H](C)O)cc1F. The third-order valence-corrected chi connectivity index (χ3v) is 3.65. The standard InChI is InChI=1S/C14H20FNO/c1-9-6-12(9)8-16(3)14-5-4-11(10(2)17)7-13(14)15/h4-5,7,9-10,12,17H,6,8H2,1-3H3/t9?,10-,12?/m1/s1. The fraction of sp³-hybridized carbons (Fsp3) is 0.571. The predicted octanol–water partition coefficient (Wildman–Crippen LogP) is 2.97. The molecule has 1 saturated carbocycles. The van der Waals surface area contributed by atoms with Crippen molar-refractivity contribution in [2.45, 2.75) is 26.4 Å². The molecule has 1 aromatic rings. The number of hydrogen-bond acceptors (Lipinski definition) is 2. The van der Waals surface area contributed by atoms with Crippen LogP contribution in [-0.4, -0.2) is 18.7 Å². The Morgan fingerprint density at radius 2 is 2.18 bits per heavy atom. The molecule has 1 fully saturated rings. The lowest BCUT2D eigenvalue weighted by atomic mass is 10.1. The van der Waals surface area contributed by atoms with Crippen LogP contribution in [0.25, 0.3) is 0 Å². The van der Waals surface area contributed by atoms with Crippen LogP contribution >= 0.6 is 0 Å². The van der Waals surface area contributed by atoms with Gasteiger partial charge in [-0.2, -0.15) is 0 Å². The van der Waals surface area contributed by atoms with E-state index in [9.17, 15) is 9.50 Å². The average Bonchev–Trinajstić information content (AvgIpc) is 2.93. The van der Waals surface area contributed by atoms with Gasteiger partial charge in [-0.1, -0.05) is 13.0 Å². The van der Waals surface area contributed by atoms with Crippen LogP contribution in [0, 0.1) is 17.7 Å². The van der Waals surface area contributed by atoms with Crippen molar-refractivity contribution in [3.8, 4) is 0 Å². The van der Waals surface area contributed by atoms with Gasteiger partial charge >= 0.3 is 0 Å². The van der Waals surface area contributed by atoms with E-state index in [1.807, 2.05) is 11.9 Å². The van der Waals surface area contributed by atoms with Crippen LogP contribution in [-0.2, 0) is 0 Å². The van der Waals surface area contributed by atoms with Crippen molar-refractivity contribution >= 4 is 5.69 Å². The number of rotatable bonds is 4. The fourth-order valence-electron chi connectivity index (χ4n) is 2.20. The Morgan fingerprint density at radius 1 is 1.53 bits per heavy atom. The highest BCUT2D eigenvalue weighted by molar-refractivity contribution is 5.49. The lowest BCUT2D eigenvalue weighted by molar-refractivity contribution is 0.199. The van der Waals surface area contributed by atoms with Crippen molar-refractivity contribution < 1.29 is 9.50 Å². The summed E-state index contributed by atoms with van der Waals surface area (Å²) in [5, 5.41) is 9.39. The number of hydrogen-bond donors (Lipinski definition) is 1. The average molecular weight is 237 g/mol. The highest BCUT2D eigenvalue weighted by Crippen LogP contribution is 2.39. The molecule has 2 rings (SSSR count). The van der Waals surface area contributed by atoms with Gasteiger partial charge in [0.15, 0.2) is 0 Å². The Hall–Kier alpha value is -1.09. The fourth-order valence-corrected chi connectivity index (χ4v) is 2.20. The Kier molecular flexibility index (Phi) is 3.38. The molecule has 1 aliphatic carbocycles. The second-order valence-corrected chi connectivity index (χ2v) is 5.24. The van der Waals surface area contributed by atoms with Gasteiger partial charge in [0.1, 0.15) is 5.82 Å². The molecule has 2 nitrogen and oxygen atoms in total. The van der Waals surface area contributed by atoms with E-state index in [0.717, 1.165) is 12.5 Å². The first-order valence-corrected chi connectivity index (χ1v) is 6.17. The number of halogens is 1. The van der Waals surface area contributed by atoms with Crippen molar-refractivity contribution in [2.24, 2.45) is 11.8 Å². The third-order valence-electron chi connectivity index (χ3n) is 3.65. The molecule has 2 unspecified atom stereocenters. The normalized spacial score (nSPS) is 24.5. The molecule has 3 heteroatoms. The number of nitrogens with zero attached hydrogens (tertiary/aromatic N) is 1. The first-order chi connectivity index (χ1) is 7.99. The van der Waals surface area contributed by atoms with Gasteiger partial charge < -0.3 is 10.0 Å². The van der Waals surface area contributed by atoms with Gasteiger partial charge in [0.25, 0.3) is 0 Å². The van der Waals surface area contributed by atoms with Gasteiger partial charge in [0.05, 0.1) is 11.8 Å². The van der Waals surface area contributed by atoms with E-state index in [2.05, 4.69) is 6.92 Å². The summed E-state index contributed by atoms with van der Waals surface area (Å²) in [6, 6.07) is 4.97. The van der Waals surface area contributed by atoms with E-state index >= 15 is 0 Å². The van der Waals surface area contributed by atoms with Gasteiger partial charge in [-0.3, -0.25) is 0 Å². The summed E-state index contributed by atoms with van der Waals surface area (Å²) < 4.78 is 13.9. The second kappa shape index (κ2) is 4.65. The summed E-state index contributed by atoms with van der Waals surface area (Å²) in [5.74, 6) is 1.23. The van der Waals surface area contributed by atoms with Crippen molar-refractivity contribution in [1.29, 1.82) is 0 Å². The van der Waals surface area contributed by atoms with E-state index in [4.69, 9.17) is 0 Å². The molecule has 17 heavy (non-hydrogen) atoms. The minimum atomic E-state index is -0.618. The molecule has 0 spiro atoms. The molecule has 1 aliphatic rings. The van der Waals surface area contributed by atoms with E-state index in [-0.39, 0.29) is 5.82 Å². The van der Waals surface area contributed by atoms with Gasteiger partial charge in [-0.15, -0.1) is 0 Å². The van der Waals surface area contributed by atoms with Crippen LogP contribution in [0.15, 0.2) is 18.2 Å². The highest BCUT2D eigenvalue weighted by atomic mass is 19.1. The van der Waals surface area contributed by atoms with Crippen LogP contribution in [0.3, 0.4) is 0 Å². The van der Waals surface area contributed by atoms with Crippen LogP contribution < -0.4 is 4.90 Å². The molecule has 0 aliphatic heterocycles. The summed E-state index contributed by atoms with van der Waals surface area (Å²) in [5.41, 5.74) is 1.24. The number of benzene rings is 1. The quantitative estimate of drug-likeness (QED) is 0.870. The number of aliphatic hydroxyl groups is 1. The minimum absolute atomic E-state index is 0.251. The van der Waals surface area contributed by atoms with Gasteiger partial charge in [0, 0.05) is 13.6 Å². The number of anilines is 1. The van der Waals surface area contributed by atoms with E-state index < -0.39 is 6.10 Å². The van der Waals surface area contributed by atoms with E-state index in [1.165, 1.54) is 12.5 Å². The Balaban J connectivity index is 2.09. The zero-order chi connectivity index (χ0) is 12.6. The predicted molar refractivity (Wildman–Crippen MR) is 67.6 cm³/mol. The van der Waals surface area contributed by atoms with Gasteiger partial charge in [-0.05, 0) is 42.9 Å². The summed E-state index contributed by atoms with van der Waals surface area (Å²) in [6.07, 6.45) is 0.630. The lowest BCUT2D eigenvalue weighted by Crippen LogP contribution is -2.21. The molecular formula is C14H20FNO. The maximum atomic E-state index is 13.9. The Morgan fingerprint density at radius 3 is 2.65 bits per heavy atom. The molecule has 0 aromatic heterocycles. The largest absolute Gasteiger partial charge is 0.389 e. The van der Waals surface area contributed by atoms with Crippen molar-refractivity contribution in [1.82, 2.24) is 0 Å². The van der Waals surface area contributed by atoms with Gasteiger partial charge in [0.2, 0.25) is 0 Å². The third kappa shape index (κ3) is 2.78. The molecule has 0 radical (unpaired) electrons. The van der Waals surface area contributed by atoms with Crippen LogP contribution in [0.4, 0.5) is 10.1 Å². The van der Waals surface area contributed by atoms with Crippen molar-refractivity contribution in [3.63, 3.8) is 0 Å². The summed E-state index contributed by atoms with van der Waals surface area (Å²) in [6.45, 7) is 4.78. The lowest BCUT2D eigenvalue weighted by Gasteiger charge is -2.20. The van der Waals surface area contributed by atoms with E-state index in [0.29, 0.717) is 17.2 Å². The molecule has 1 N–H and O–H groups in total. The Labute approximate surface area is 102 Å². The molecule has 0 bridgehead atoms. The first-order valence-electron chi connectivity index (χ1n) is 6.17. The summed E-state index contributed by atoms with van der Waals surface area (Å²) in [7, 11) is 1.92. The van der Waals surface area contributed by atoms with Crippen LogP contribution in [0.1, 0.15) is 31.9 Å². The second-order valence-electron chi connectivity index (χ2n) is 5.24. The number of aliphatic hydroxyl groups excluding tert-OH is 1. The topological polar surface area (TPSA) is 23.5 Å². The molecule has 94 valence electrons. The van der Waals surface area contributed by atoms with Crippen LogP contribution in [0.5, 0.6) is 0 Å². The zero-order valence-electron chi connectivity index (χ0n) is 10.7. The Bertz CT molecular complexity index is 405. The van der Waals surface area contributed by atoms with Gasteiger partial charge in [-0.25, -0.2) is 4.39 Å². The van der Waals surface area contributed by atoms with Crippen molar-refractivity contribution in [2.75, 3.05) is 18.5 Å². The molecule has 0 heterocycles. The smallest absolute Gasteiger partial charge is 0.146 e. The molecule has 1 aromatic carbocycles. The maximum Gasteiger partial charge on any atom is 0.146 e.